The molecule has 4 bridgehead atoms. The first kappa shape index (κ1) is 23.0. The van der Waals surface area contributed by atoms with E-state index in [2.05, 4.69) is 15.9 Å². The van der Waals surface area contributed by atoms with Gasteiger partial charge in [0, 0.05) is 44.8 Å². The molecule has 4 aliphatic carbocycles. The Bertz CT molecular complexity index is 805. The number of benzene rings is 1. The van der Waals surface area contributed by atoms with E-state index in [4.69, 9.17) is 18.9 Å². The van der Waals surface area contributed by atoms with Crippen LogP contribution in [0.2, 0.25) is 0 Å². The molecule has 0 spiro atoms. The number of ether oxygens (including phenoxy) is 4. The van der Waals surface area contributed by atoms with Crippen LogP contribution in [0, 0.1) is 17.8 Å². The molecule has 2 heterocycles. The largest absolute Gasteiger partial charge is 0.454 e. The number of piperazine rings is 1. The molecular weight excluding hydrogens is 432 g/mol. The van der Waals surface area contributed by atoms with E-state index >= 15 is 0 Å². The van der Waals surface area contributed by atoms with Crippen LogP contribution in [-0.4, -0.2) is 85.9 Å². The Kier molecular flexibility index (Phi) is 6.74. The number of hydrogen-bond acceptors (Lipinski definition) is 7. The summed E-state index contributed by atoms with van der Waals surface area (Å²) in [6.45, 7) is 7.37. The van der Waals surface area contributed by atoms with Gasteiger partial charge in [-0.2, -0.15) is 0 Å². The number of hydrogen-bond donors (Lipinski definition) is 1. The van der Waals surface area contributed by atoms with Gasteiger partial charge in [-0.3, -0.25) is 9.80 Å². The number of β-amino-alcohol motifs (C(OH)–C–C–N with tert-alkyl or cyclic N) is 1. The minimum absolute atomic E-state index is 0.148. The lowest BCUT2D eigenvalue weighted by molar-refractivity contribution is -0.170. The topological polar surface area (TPSA) is 63.6 Å². The van der Waals surface area contributed by atoms with E-state index in [1.165, 1.54) is 44.1 Å². The lowest BCUT2D eigenvalue weighted by atomic mass is 9.54. The first-order chi connectivity index (χ1) is 16.6. The molecule has 7 rings (SSSR count). The van der Waals surface area contributed by atoms with Gasteiger partial charge in [-0.05, 0) is 62.3 Å². The Morgan fingerprint density at radius 1 is 0.941 bits per heavy atom. The third-order valence-electron chi connectivity index (χ3n) is 8.73. The summed E-state index contributed by atoms with van der Waals surface area (Å²) >= 11 is 0. The molecule has 1 saturated heterocycles. The van der Waals surface area contributed by atoms with Crippen molar-refractivity contribution in [1.29, 1.82) is 0 Å². The molecule has 6 aliphatic rings. The number of aliphatic hydroxyl groups excluding tert-OH is 1. The number of fused-ring (bicyclic) bond motifs is 1. The van der Waals surface area contributed by atoms with Crippen molar-refractivity contribution >= 4 is 0 Å². The fourth-order valence-corrected chi connectivity index (χ4v) is 7.58. The molecule has 7 nitrogen and oxygen atoms in total. The van der Waals surface area contributed by atoms with E-state index in [-0.39, 0.29) is 5.60 Å². The Balaban J connectivity index is 0.863. The smallest absolute Gasteiger partial charge is 0.231 e. The standard InChI is InChI=1S/C27H40N2O5/c30-24(18-31-8-9-34-27-13-20-10-21(14-27)12-22(11-20)15-27)17-29-6-4-28(5-7-29)16-23-2-1-3-25-26(23)33-19-32-25/h1-3,20-22,24,30H,4-19H2/t20?,21?,22?,24-,27?/m1/s1. The SMILES string of the molecule is O[C@@H](COCCOC12CC3CC(CC(C3)C1)C2)CN1CCN(Cc2cccc3c2OCO3)CC1. The molecule has 0 aromatic heterocycles. The highest BCUT2D eigenvalue weighted by atomic mass is 16.7. The van der Waals surface area contributed by atoms with Gasteiger partial charge < -0.3 is 24.1 Å². The second-order valence-electron chi connectivity index (χ2n) is 11.4. The van der Waals surface area contributed by atoms with Gasteiger partial charge in [-0.1, -0.05) is 12.1 Å². The van der Waals surface area contributed by atoms with Gasteiger partial charge in [0.15, 0.2) is 11.5 Å². The predicted molar refractivity (Wildman–Crippen MR) is 128 cm³/mol. The highest BCUT2D eigenvalue weighted by molar-refractivity contribution is 5.48. The molecule has 7 heteroatoms. The van der Waals surface area contributed by atoms with Gasteiger partial charge in [-0.25, -0.2) is 0 Å². The minimum atomic E-state index is -0.450. The summed E-state index contributed by atoms with van der Waals surface area (Å²) in [5.74, 6) is 4.47. The van der Waals surface area contributed by atoms with Crippen LogP contribution < -0.4 is 9.47 Å². The Morgan fingerprint density at radius 2 is 1.65 bits per heavy atom. The van der Waals surface area contributed by atoms with Crippen molar-refractivity contribution in [3.05, 3.63) is 23.8 Å². The maximum absolute atomic E-state index is 10.5. The van der Waals surface area contributed by atoms with Crippen LogP contribution in [0.5, 0.6) is 11.5 Å². The lowest BCUT2D eigenvalue weighted by Crippen LogP contribution is -2.52. The molecule has 1 atom stereocenters. The normalized spacial score (nSPS) is 33.5. The summed E-state index contributed by atoms with van der Waals surface area (Å²) in [6.07, 6.45) is 7.67. The number of aliphatic hydroxyl groups is 1. The van der Waals surface area contributed by atoms with E-state index in [9.17, 15) is 5.11 Å². The quantitative estimate of drug-likeness (QED) is 0.526. The van der Waals surface area contributed by atoms with Crippen LogP contribution in [0.4, 0.5) is 0 Å². The van der Waals surface area contributed by atoms with E-state index < -0.39 is 6.10 Å². The van der Waals surface area contributed by atoms with E-state index in [1.807, 2.05) is 12.1 Å². The van der Waals surface area contributed by atoms with Gasteiger partial charge in [-0.15, -0.1) is 0 Å². The van der Waals surface area contributed by atoms with E-state index in [1.54, 1.807) is 0 Å². The first-order valence-corrected chi connectivity index (χ1v) is 13.4. The lowest BCUT2D eigenvalue weighted by Gasteiger charge is -2.56. The first-order valence-electron chi connectivity index (χ1n) is 13.4. The molecule has 5 fully saturated rings. The number of nitrogens with zero attached hydrogens (tertiary/aromatic N) is 2. The monoisotopic (exact) mass is 472 g/mol. The van der Waals surface area contributed by atoms with E-state index in [0.29, 0.717) is 33.2 Å². The summed E-state index contributed by atoms with van der Waals surface area (Å²) in [6, 6.07) is 6.11. The van der Waals surface area contributed by atoms with Crippen LogP contribution in [-0.2, 0) is 16.0 Å². The van der Waals surface area contributed by atoms with Crippen LogP contribution in [0.25, 0.3) is 0 Å². The number of rotatable bonds is 10. The predicted octanol–water partition coefficient (Wildman–Crippen LogP) is 2.90. The van der Waals surface area contributed by atoms with Crippen LogP contribution in [0.15, 0.2) is 18.2 Å². The third-order valence-corrected chi connectivity index (χ3v) is 8.73. The van der Waals surface area contributed by atoms with Crippen molar-refractivity contribution in [2.24, 2.45) is 17.8 Å². The fourth-order valence-electron chi connectivity index (χ4n) is 7.58. The average Bonchev–Trinajstić information content (AvgIpc) is 3.29. The van der Waals surface area contributed by atoms with Crippen molar-refractivity contribution in [3.63, 3.8) is 0 Å². The van der Waals surface area contributed by atoms with Crippen molar-refractivity contribution in [3.8, 4) is 11.5 Å². The zero-order valence-corrected chi connectivity index (χ0v) is 20.3. The summed E-state index contributed by atoms with van der Waals surface area (Å²) in [5.41, 5.74) is 1.34. The Morgan fingerprint density at radius 3 is 2.38 bits per heavy atom. The van der Waals surface area contributed by atoms with Gasteiger partial charge >= 0.3 is 0 Å². The van der Waals surface area contributed by atoms with Gasteiger partial charge in [0.2, 0.25) is 6.79 Å². The molecule has 1 aromatic rings. The van der Waals surface area contributed by atoms with Gasteiger partial charge in [0.1, 0.15) is 0 Å². The van der Waals surface area contributed by atoms with Crippen LogP contribution in [0.3, 0.4) is 0 Å². The maximum atomic E-state index is 10.5. The minimum Gasteiger partial charge on any atom is -0.454 e. The number of para-hydroxylation sites is 1. The highest BCUT2D eigenvalue weighted by Gasteiger charge is 2.51. The molecular formula is C27H40N2O5. The zero-order valence-electron chi connectivity index (χ0n) is 20.3. The third kappa shape index (κ3) is 5.09. The molecule has 1 aromatic carbocycles. The molecule has 0 unspecified atom stereocenters. The molecule has 0 amide bonds. The molecule has 4 saturated carbocycles. The molecule has 1 N–H and O–H groups in total. The summed E-state index contributed by atoms with van der Waals surface area (Å²) in [5, 5.41) is 10.5. The molecule has 188 valence electrons. The summed E-state index contributed by atoms with van der Waals surface area (Å²) in [4.78, 5) is 4.78. The molecule has 0 radical (unpaired) electrons. The fraction of sp³-hybridized carbons (Fsp3) is 0.778. The summed E-state index contributed by atoms with van der Waals surface area (Å²) < 4.78 is 23.4. The van der Waals surface area contributed by atoms with Gasteiger partial charge in [0.05, 0.1) is 31.5 Å². The van der Waals surface area contributed by atoms with Crippen LogP contribution >= 0.6 is 0 Å². The van der Waals surface area contributed by atoms with Crippen molar-refractivity contribution in [2.75, 3.05) is 59.3 Å². The van der Waals surface area contributed by atoms with Crippen molar-refractivity contribution in [1.82, 2.24) is 9.80 Å². The van der Waals surface area contributed by atoms with E-state index in [0.717, 1.165) is 62.0 Å². The molecule has 2 aliphatic heterocycles. The van der Waals surface area contributed by atoms with Crippen molar-refractivity contribution < 1.29 is 24.1 Å². The van der Waals surface area contributed by atoms with Crippen LogP contribution in [0.1, 0.15) is 44.1 Å². The second-order valence-corrected chi connectivity index (χ2v) is 11.4. The zero-order chi connectivity index (χ0) is 23.0. The summed E-state index contributed by atoms with van der Waals surface area (Å²) in [7, 11) is 0. The Labute approximate surface area is 203 Å². The highest BCUT2D eigenvalue weighted by Crippen LogP contribution is 2.57. The average molecular weight is 473 g/mol. The Hall–Kier alpha value is -1.38. The second kappa shape index (κ2) is 9.94. The van der Waals surface area contributed by atoms with Crippen molar-refractivity contribution in [2.45, 2.75) is 56.8 Å². The van der Waals surface area contributed by atoms with Gasteiger partial charge in [0.25, 0.3) is 0 Å². The molecule has 34 heavy (non-hydrogen) atoms. The maximum Gasteiger partial charge on any atom is 0.231 e.